The second kappa shape index (κ2) is 6.66. The van der Waals surface area contributed by atoms with Gasteiger partial charge >= 0.3 is 0 Å². The van der Waals surface area contributed by atoms with Crippen LogP contribution in [0.1, 0.15) is 15.9 Å². The van der Waals surface area contributed by atoms with Crippen molar-refractivity contribution in [2.24, 2.45) is 10.2 Å². The molecule has 132 valence electrons. The summed E-state index contributed by atoms with van der Waals surface area (Å²) in [5.74, 6) is -1.37. The molecule has 0 atom stereocenters. The van der Waals surface area contributed by atoms with Crippen LogP contribution in [0.15, 0.2) is 69.7 Å². The lowest BCUT2D eigenvalue weighted by atomic mass is 10.1. The highest BCUT2D eigenvalue weighted by atomic mass is 32.2. The zero-order valence-electron chi connectivity index (χ0n) is 13.5. The van der Waals surface area contributed by atoms with Crippen molar-refractivity contribution in [2.45, 2.75) is 11.8 Å². The molecule has 0 aromatic heterocycles. The SMILES string of the molecule is Cc1ccc(N=Nc2cc(C(=O)[O-])cc3ccccc23)c(S(=O)(=O)[O-])c1. The normalized spacial score (nSPS) is 11.9. The number of carbonyl (C=O) groups excluding carboxylic acids is 1. The molecule has 0 heterocycles. The minimum absolute atomic E-state index is 0.0850. The molecule has 3 aromatic carbocycles. The first-order valence-corrected chi connectivity index (χ1v) is 8.89. The van der Waals surface area contributed by atoms with Crippen LogP contribution in [0.25, 0.3) is 10.8 Å². The fourth-order valence-corrected chi connectivity index (χ4v) is 3.20. The molecule has 0 amide bonds. The van der Waals surface area contributed by atoms with E-state index in [9.17, 15) is 22.9 Å². The molecule has 0 fully saturated rings. The van der Waals surface area contributed by atoms with Gasteiger partial charge in [0.15, 0.2) is 0 Å². The number of hydrogen-bond donors (Lipinski definition) is 0. The molecule has 3 aromatic rings. The van der Waals surface area contributed by atoms with Crippen molar-refractivity contribution in [3.8, 4) is 0 Å². The monoisotopic (exact) mass is 368 g/mol. The van der Waals surface area contributed by atoms with Crippen LogP contribution in [0, 0.1) is 6.92 Å². The first-order valence-electron chi connectivity index (χ1n) is 7.48. The minimum Gasteiger partial charge on any atom is -0.744 e. The fraction of sp³-hybridized carbons (Fsp3) is 0.0556. The Hall–Kier alpha value is -3.10. The number of azo groups is 1. The number of nitrogens with zero attached hydrogens (tertiary/aromatic N) is 2. The summed E-state index contributed by atoms with van der Waals surface area (Å²) in [5.41, 5.74) is 0.603. The molecule has 0 bridgehead atoms. The van der Waals surface area contributed by atoms with Gasteiger partial charge in [-0.2, -0.15) is 0 Å². The summed E-state index contributed by atoms with van der Waals surface area (Å²) >= 11 is 0. The summed E-state index contributed by atoms with van der Waals surface area (Å²) < 4.78 is 34.3. The van der Waals surface area contributed by atoms with Gasteiger partial charge in [0.1, 0.15) is 15.8 Å². The number of fused-ring (bicyclic) bond motifs is 1. The van der Waals surface area contributed by atoms with Crippen molar-refractivity contribution in [3.05, 3.63) is 65.7 Å². The number of carboxylic acid groups (broad SMARTS) is 1. The van der Waals surface area contributed by atoms with Gasteiger partial charge in [-0.3, -0.25) is 0 Å². The second-order valence-corrected chi connectivity index (χ2v) is 6.98. The molecule has 0 spiro atoms. The van der Waals surface area contributed by atoms with Crippen molar-refractivity contribution in [1.82, 2.24) is 0 Å². The van der Waals surface area contributed by atoms with E-state index in [4.69, 9.17) is 0 Å². The number of benzene rings is 3. The summed E-state index contributed by atoms with van der Waals surface area (Å²) in [6, 6.07) is 13.8. The van der Waals surface area contributed by atoms with E-state index in [0.717, 1.165) is 0 Å². The van der Waals surface area contributed by atoms with Crippen LogP contribution in [-0.4, -0.2) is 18.9 Å². The van der Waals surface area contributed by atoms with E-state index >= 15 is 0 Å². The average Bonchev–Trinajstić information content (AvgIpc) is 2.59. The second-order valence-electron chi connectivity index (χ2n) is 5.63. The largest absolute Gasteiger partial charge is 0.744 e. The quantitative estimate of drug-likeness (QED) is 0.517. The third kappa shape index (κ3) is 3.61. The van der Waals surface area contributed by atoms with Gasteiger partial charge in [-0.15, -0.1) is 10.2 Å². The lowest BCUT2D eigenvalue weighted by Gasteiger charge is -2.11. The van der Waals surface area contributed by atoms with Crippen LogP contribution in [0.3, 0.4) is 0 Å². The molecule has 0 aliphatic heterocycles. The van der Waals surface area contributed by atoms with Crippen LogP contribution in [0.5, 0.6) is 0 Å². The van der Waals surface area contributed by atoms with E-state index in [1.807, 2.05) is 0 Å². The molecule has 0 unspecified atom stereocenters. The van der Waals surface area contributed by atoms with Crippen LogP contribution in [0.4, 0.5) is 11.4 Å². The van der Waals surface area contributed by atoms with Crippen LogP contribution >= 0.6 is 0 Å². The smallest absolute Gasteiger partial charge is 0.126 e. The zero-order chi connectivity index (χ0) is 18.9. The van der Waals surface area contributed by atoms with Crippen LogP contribution in [0.2, 0.25) is 0 Å². The predicted octanol–water partition coefficient (Wildman–Crippen LogP) is 2.83. The number of aryl methyl sites for hydroxylation is 1. The maximum atomic E-state index is 11.4. The lowest BCUT2D eigenvalue weighted by Crippen LogP contribution is -2.22. The standard InChI is InChI=1S/C18H14N2O5S/c1-11-6-7-15(17(8-11)26(23,24)25)19-20-16-10-13(18(21)22)9-12-4-2-3-5-14(12)16/h2-10H,1H3,(H,21,22)(H,23,24,25)/p-2. The highest BCUT2D eigenvalue weighted by Gasteiger charge is 2.10. The molecule has 26 heavy (non-hydrogen) atoms. The van der Waals surface area contributed by atoms with Crippen molar-refractivity contribution < 1.29 is 22.9 Å². The predicted molar refractivity (Wildman–Crippen MR) is 91.6 cm³/mol. The molecule has 0 aliphatic rings. The maximum absolute atomic E-state index is 11.4. The van der Waals surface area contributed by atoms with E-state index < -0.39 is 21.0 Å². The average molecular weight is 368 g/mol. The molecule has 0 saturated heterocycles. The Bertz CT molecular complexity index is 1150. The Kier molecular flexibility index (Phi) is 4.54. The Balaban J connectivity index is 2.17. The molecule has 0 radical (unpaired) electrons. The van der Waals surface area contributed by atoms with Gasteiger partial charge in [0.05, 0.1) is 16.6 Å². The van der Waals surface area contributed by atoms with Crippen molar-refractivity contribution in [2.75, 3.05) is 0 Å². The van der Waals surface area contributed by atoms with E-state index in [-0.39, 0.29) is 16.9 Å². The van der Waals surface area contributed by atoms with Gasteiger partial charge in [-0.1, -0.05) is 30.3 Å². The van der Waals surface area contributed by atoms with Crippen molar-refractivity contribution in [1.29, 1.82) is 0 Å². The third-order valence-corrected chi connectivity index (χ3v) is 4.59. The summed E-state index contributed by atoms with van der Waals surface area (Å²) in [6.45, 7) is 1.65. The topological polar surface area (TPSA) is 122 Å². The molecule has 8 heteroatoms. The molecule has 0 N–H and O–H groups in total. The van der Waals surface area contributed by atoms with Gasteiger partial charge in [-0.25, -0.2) is 8.42 Å². The van der Waals surface area contributed by atoms with E-state index in [1.54, 1.807) is 37.3 Å². The molecular formula is C18H12N2O5S-2. The Morgan fingerprint density at radius 3 is 2.35 bits per heavy atom. The van der Waals surface area contributed by atoms with Crippen LogP contribution in [-0.2, 0) is 10.1 Å². The van der Waals surface area contributed by atoms with Gasteiger partial charge in [0.25, 0.3) is 0 Å². The molecule has 0 aliphatic carbocycles. The zero-order valence-corrected chi connectivity index (χ0v) is 14.4. The van der Waals surface area contributed by atoms with E-state index in [1.165, 1.54) is 24.3 Å². The third-order valence-electron chi connectivity index (χ3n) is 3.73. The highest BCUT2D eigenvalue weighted by Crippen LogP contribution is 2.31. The van der Waals surface area contributed by atoms with Gasteiger partial charge in [0, 0.05) is 5.39 Å². The first-order chi connectivity index (χ1) is 12.3. The molecule has 3 rings (SSSR count). The summed E-state index contributed by atoms with van der Waals surface area (Å²) in [7, 11) is -4.73. The summed E-state index contributed by atoms with van der Waals surface area (Å²) in [5, 5.41) is 20.3. The number of aromatic carboxylic acids is 1. The van der Waals surface area contributed by atoms with Gasteiger partial charge < -0.3 is 14.5 Å². The molecule has 0 saturated carbocycles. The van der Waals surface area contributed by atoms with E-state index in [2.05, 4.69) is 10.2 Å². The number of carboxylic acids is 1. The van der Waals surface area contributed by atoms with Crippen molar-refractivity contribution in [3.63, 3.8) is 0 Å². The lowest BCUT2D eigenvalue weighted by molar-refractivity contribution is -0.255. The van der Waals surface area contributed by atoms with Gasteiger partial charge in [-0.05, 0) is 47.7 Å². The summed E-state index contributed by atoms with van der Waals surface area (Å²) in [6.07, 6.45) is 0. The Labute approximate surface area is 149 Å². The van der Waals surface area contributed by atoms with Crippen molar-refractivity contribution >= 4 is 38.2 Å². The minimum atomic E-state index is -4.73. The molecule has 7 nitrogen and oxygen atoms in total. The number of rotatable bonds is 4. The van der Waals surface area contributed by atoms with Gasteiger partial charge in [0.2, 0.25) is 0 Å². The Morgan fingerprint density at radius 1 is 0.962 bits per heavy atom. The fourth-order valence-electron chi connectivity index (χ4n) is 2.50. The first kappa shape index (κ1) is 17.7. The Morgan fingerprint density at radius 2 is 1.65 bits per heavy atom. The molecular weight excluding hydrogens is 356 g/mol. The summed E-state index contributed by atoms with van der Waals surface area (Å²) in [4.78, 5) is 10.7. The number of carbonyl (C=O) groups is 1. The van der Waals surface area contributed by atoms with E-state index in [0.29, 0.717) is 16.3 Å². The highest BCUT2D eigenvalue weighted by molar-refractivity contribution is 7.86. The maximum Gasteiger partial charge on any atom is 0.126 e. The van der Waals surface area contributed by atoms with Crippen LogP contribution < -0.4 is 5.11 Å². The number of hydrogen-bond acceptors (Lipinski definition) is 7.